The van der Waals surface area contributed by atoms with Gasteiger partial charge in [-0.1, -0.05) is 12.5 Å². The van der Waals surface area contributed by atoms with Gasteiger partial charge in [0.15, 0.2) is 0 Å². The van der Waals surface area contributed by atoms with E-state index in [0.29, 0.717) is 12.5 Å². The Hall–Kier alpha value is -1.35. The number of aliphatic hydroxyl groups excluding tert-OH is 1. The molecule has 0 unspecified atom stereocenters. The van der Waals surface area contributed by atoms with Crippen LogP contribution in [0.5, 0.6) is 0 Å². The molecule has 1 saturated carbocycles. The maximum atomic E-state index is 12.1. The fourth-order valence-corrected chi connectivity index (χ4v) is 2.67. The molecule has 0 radical (unpaired) electrons. The number of nitrogens with one attached hydrogen (secondary N) is 1. The molecular weight excluding hydrogens is 238 g/mol. The van der Waals surface area contributed by atoms with Crippen LogP contribution in [0.2, 0.25) is 0 Å². The van der Waals surface area contributed by atoms with Crippen molar-refractivity contribution in [3.8, 4) is 0 Å². The zero-order valence-electron chi connectivity index (χ0n) is 11.8. The molecule has 2 N–H and O–H groups in total. The predicted octanol–water partition coefficient (Wildman–Crippen LogP) is 2.58. The minimum Gasteiger partial charge on any atom is -0.393 e. The molecule has 3 nitrogen and oxygen atoms in total. The van der Waals surface area contributed by atoms with E-state index in [0.717, 1.165) is 36.8 Å². The van der Waals surface area contributed by atoms with Crippen molar-refractivity contribution in [2.75, 3.05) is 6.54 Å². The fraction of sp³-hybridized carbons (Fsp3) is 0.562. The Morgan fingerprint density at radius 2 is 2.11 bits per heavy atom. The molecule has 0 bridgehead atoms. The van der Waals surface area contributed by atoms with Crippen LogP contribution in [-0.4, -0.2) is 23.7 Å². The number of carbonyl (C=O) groups is 1. The molecule has 1 fully saturated rings. The summed E-state index contributed by atoms with van der Waals surface area (Å²) in [5.74, 6) is 0.405. The summed E-state index contributed by atoms with van der Waals surface area (Å²) in [6.07, 6.45) is 3.70. The van der Waals surface area contributed by atoms with Gasteiger partial charge in [-0.05, 0) is 62.3 Å². The normalized spacial score (nSPS) is 23.1. The summed E-state index contributed by atoms with van der Waals surface area (Å²) in [4.78, 5) is 12.1. The van der Waals surface area contributed by atoms with Crippen LogP contribution in [0.25, 0.3) is 0 Å². The second-order valence-electron chi connectivity index (χ2n) is 5.70. The first kappa shape index (κ1) is 14.1. The van der Waals surface area contributed by atoms with Gasteiger partial charge in [0, 0.05) is 12.1 Å². The standard InChI is InChI=1S/C16H23NO2/c1-11-6-7-14(8-12(11)2)16(19)17-10-13-4-3-5-15(18)9-13/h6-8,13,15,18H,3-5,9-10H2,1-2H3,(H,17,19)/t13-,15+/m0/s1. The number of rotatable bonds is 3. The van der Waals surface area contributed by atoms with Crippen molar-refractivity contribution >= 4 is 5.91 Å². The van der Waals surface area contributed by atoms with Gasteiger partial charge in [-0.15, -0.1) is 0 Å². The highest BCUT2D eigenvalue weighted by Gasteiger charge is 2.20. The third-order valence-electron chi connectivity index (χ3n) is 4.08. The maximum Gasteiger partial charge on any atom is 0.251 e. The fourth-order valence-electron chi connectivity index (χ4n) is 2.67. The lowest BCUT2D eigenvalue weighted by Crippen LogP contribution is -2.33. The third kappa shape index (κ3) is 3.80. The molecule has 0 heterocycles. The largest absolute Gasteiger partial charge is 0.393 e. The average Bonchev–Trinajstić information content (AvgIpc) is 2.39. The molecule has 1 amide bonds. The first-order chi connectivity index (χ1) is 9.06. The number of benzene rings is 1. The van der Waals surface area contributed by atoms with E-state index in [1.165, 1.54) is 5.56 Å². The van der Waals surface area contributed by atoms with E-state index in [-0.39, 0.29) is 12.0 Å². The molecule has 1 aromatic carbocycles. The number of carbonyl (C=O) groups excluding carboxylic acids is 1. The second kappa shape index (κ2) is 6.20. The van der Waals surface area contributed by atoms with Crippen molar-refractivity contribution in [1.29, 1.82) is 0 Å². The third-order valence-corrected chi connectivity index (χ3v) is 4.08. The number of hydrogen-bond acceptors (Lipinski definition) is 2. The van der Waals surface area contributed by atoms with Crippen LogP contribution >= 0.6 is 0 Å². The summed E-state index contributed by atoms with van der Waals surface area (Å²) in [6, 6.07) is 5.78. The van der Waals surface area contributed by atoms with Crippen molar-refractivity contribution < 1.29 is 9.90 Å². The van der Waals surface area contributed by atoms with Crippen molar-refractivity contribution in [2.24, 2.45) is 5.92 Å². The monoisotopic (exact) mass is 261 g/mol. The number of aryl methyl sites for hydroxylation is 2. The molecule has 2 rings (SSSR count). The lowest BCUT2D eigenvalue weighted by atomic mass is 9.87. The van der Waals surface area contributed by atoms with Crippen molar-refractivity contribution in [2.45, 2.75) is 45.6 Å². The molecule has 1 aliphatic rings. The average molecular weight is 261 g/mol. The van der Waals surface area contributed by atoms with E-state index in [1.54, 1.807) is 0 Å². The van der Waals surface area contributed by atoms with Crippen molar-refractivity contribution in [3.63, 3.8) is 0 Å². The van der Waals surface area contributed by atoms with Gasteiger partial charge in [0.05, 0.1) is 6.10 Å². The van der Waals surface area contributed by atoms with E-state index in [1.807, 2.05) is 32.0 Å². The lowest BCUT2D eigenvalue weighted by Gasteiger charge is -2.25. The second-order valence-corrected chi connectivity index (χ2v) is 5.70. The summed E-state index contributed by atoms with van der Waals surface area (Å²) >= 11 is 0. The molecule has 0 aliphatic heterocycles. The first-order valence-electron chi connectivity index (χ1n) is 7.10. The molecule has 2 atom stereocenters. The summed E-state index contributed by atoms with van der Waals surface area (Å²) in [5, 5.41) is 12.6. The Bertz CT molecular complexity index is 456. The minimum absolute atomic E-state index is 0.0110. The molecule has 0 saturated heterocycles. The van der Waals surface area contributed by atoms with E-state index in [9.17, 15) is 9.90 Å². The topological polar surface area (TPSA) is 49.3 Å². The molecule has 19 heavy (non-hydrogen) atoms. The Morgan fingerprint density at radius 3 is 2.79 bits per heavy atom. The zero-order chi connectivity index (χ0) is 13.8. The highest BCUT2D eigenvalue weighted by Crippen LogP contribution is 2.23. The van der Waals surface area contributed by atoms with E-state index in [4.69, 9.17) is 0 Å². The van der Waals surface area contributed by atoms with Crippen LogP contribution in [-0.2, 0) is 0 Å². The van der Waals surface area contributed by atoms with Crippen molar-refractivity contribution in [1.82, 2.24) is 5.32 Å². The van der Waals surface area contributed by atoms with Crippen LogP contribution in [0.1, 0.15) is 47.2 Å². The quantitative estimate of drug-likeness (QED) is 0.878. The molecule has 1 aliphatic carbocycles. The smallest absolute Gasteiger partial charge is 0.251 e. The summed E-state index contributed by atoms with van der Waals surface area (Å²) < 4.78 is 0. The Balaban J connectivity index is 1.88. The van der Waals surface area contributed by atoms with Gasteiger partial charge in [0.25, 0.3) is 5.91 Å². The van der Waals surface area contributed by atoms with Gasteiger partial charge < -0.3 is 10.4 Å². The maximum absolute atomic E-state index is 12.1. The number of aliphatic hydroxyl groups is 1. The Kier molecular flexibility index (Phi) is 4.59. The van der Waals surface area contributed by atoms with Crippen molar-refractivity contribution in [3.05, 3.63) is 34.9 Å². The summed E-state index contributed by atoms with van der Waals surface area (Å²) in [6.45, 7) is 4.73. The minimum atomic E-state index is -0.183. The Morgan fingerprint density at radius 1 is 1.32 bits per heavy atom. The molecule has 0 spiro atoms. The Labute approximate surface area is 115 Å². The van der Waals surface area contributed by atoms with Crippen LogP contribution in [0.15, 0.2) is 18.2 Å². The van der Waals surface area contributed by atoms with Gasteiger partial charge >= 0.3 is 0 Å². The first-order valence-corrected chi connectivity index (χ1v) is 7.10. The van der Waals surface area contributed by atoms with Gasteiger partial charge in [-0.25, -0.2) is 0 Å². The number of amides is 1. The molecule has 104 valence electrons. The van der Waals surface area contributed by atoms with Gasteiger partial charge in [0.2, 0.25) is 0 Å². The summed E-state index contributed by atoms with van der Waals surface area (Å²) in [7, 11) is 0. The van der Waals surface area contributed by atoms with Crippen LogP contribution in [0.4, 0.5) is 0 Å². The predicted molar refractivity (Wildman–Crippen MR) is 76.2 cm³/mol. The zero-order valence-corrected chi connectivity index (χ0v) is 11.8. The molecule has 3 heteroatoms. The van der Waals surface area contributed by atoms with Gasteiger partial charge in [-0.3, -0.25) is 4.79 Å². The van der Waals surface area contributed by atoms with E-state index >= 15 is 0 Å². The van der Waals surface area contributed by atoms with Crippen LogP contribution in [0, 0.1) is 19.8 Å². The molecule has 0 aromatic heterocycles. The highest BCUT2D eigenvalue weighted by atomic mass is 16.3. The SMILES string of the molecule is Cc1ccc(C(=O)NC[C@H]2CCC[C@@H](O)C2)cc1C. The number of hydrogen-bond donors (Lipinski definition) is 2. The van der Waals surface area contributed by atoms with Gasteiger partial charge in [-0.2, -0.15) is 0 Å². The molecule has 1 aromatic rings. The summed E-state index contributed by atoms with van der Waals surface area (Å²) in [5.41, 5.74) is 3.06. The molecular formula is C16H23NO2. The highest BCUT2D eigenvalue weighted by molar-refractivity contribution is 5.94. The van der Waals surface area contributed by atoms with E-state index in [2.05, 4.69) is 5.32 Å². The van der Waals surface area contributed by atoms with Crippen LogP contribution in [0.3, 0.4) is 0 Å². The van der Waals surface area contributed by atoms with Crippen LogP contribution < -0.4 is 5.32 Å². The van der Waals surface area contributed by atoms with Gasteiger partial charge in [0.1, 0.15) is 0 Å². The van der Waals surface area contributed by atoms with E-state index < -0.39 is 0 Å². The lowest BCUT2D eigenvalue weighted by molar-refractivity contribution is 0.0874.